The van der Waals surface area contributed by atoms with E-state index in [4.69, 9.17) is 11.6 Å². The van der Waals surface area contributed by atoms with Crippen molar-refractivity contribution in [1.29, 1.82) is 0 Å². The van der Waals surface area contributed by atoms with Crippen LogP contribution in [-0.4, -0.2) is 12.9 Å². The Hall–Kier alpha value is -0.530. The second-order valence-corrected chi connectivity index (χ2v) is 4.42. The fourth-order valence-corrected chi connectivity index (χ4v) is 2.14. The van der Waals surface area contributed by atoms with Crippen molar-refractivity contribution >= 4 is 11.6 Å². The number of aryl methyl sites for hydroxylation is 1. The van der Waals surface area contributed by atoms with Crippen LogP contribution in [0.5, 0.6) is 0 Å². The largest absolute Gasteiger partial charge is 0.313 e. The molecule has 1 N–H and O–H groups in total. The molecule has 1 aromatic rings. The third-order valence-corrected chi connectivity index (χ3v) is 3.44. The molecule has 0 saturated heterocycles. The Labute approximate surface area is 97.8 Å². The maximum absolute atomic E-state index is 5.81. The predicted molar refractivity (Wildman–Crippen MR) is 67.8 cm³/mol. The summed E-state index contributed by atoms with van der Waals surface area (Å²) in [6.45, 7) is 6.53. The minimum atomic E-state index is 0.377. The van der Waals surface area contributed by atoms with Crippen molar-refractivity contribution in [3.05, 3.63) is 34.4 Å². The molecule has 1 unspecified atom stereocenters. The smallest absolute Gasteiger partial charge is 0.0331 e. The van der Waals surface area contributed by atoms with Crippen LogP contribution in [0, 0.1) is 20.8 Å². The topological polar surface area (TPSA) is 12.0 Å². The molecule has 0 heterocycles. The van der Waals surface area contributed by atoms with Crippen molar-refractivity contribution in [3.8, 4) is 0 Å². The lowest BCUT2D eigenvalue weighted by atomic mass is 9.93. The first-order valence-corrected chi connectivity index (χ1v) is 5.95. The number of hydrogen-bond donors (Lipinski definition) is 1. The Bertz CT molecular complexity index is 334. The van der Waals surface area contributed by atoms with Gasteiger partial charge in [-0.2, -0.15) is 0 Å². The van der Waals surface area contributed by atoms with E-state index in [-0.39, 0.29) is 0 Å². The molecule has 0 radical (unpaired) electrons. The molecule has 84 valence electrons. The van der Waals surface area contributed by atoms with E-state index in [0.717, 1.165) is 6.42 Å². The molecule has 1 nitrogen and oxygen atoms in total. The van der Waals surface area contributed by atoms with Gasteiger partial charge in [-0.15, -0.1) is 11.6 Å². The van der Waals surface area contributed by atoms with Gasteiger partial charge in [0.25, 0.3) is 0 Å². The van der Waals surface area contributed by atoms with Crippen molar-refractivity contribution in [3.63, 3.8) is 0 Å². The zero-order chi connectivity index (χ0) is 11.4. The van der Waals surface area contributed by atoms with Gasteiger partial charge < -0.3 is 5.32 Å². The number of rotatable bonds is 4. The second kappa shape index (κ2) is 5.53. The van der Waals surface area contributed by atoms with Gasteiger partial charge in [0.15, 0.2) is 0 Å². The molecule has 0 aliphatic heterocycles. The highest BCUT2D eigenvalue weighted by atomic mass is 35.5. The van der Waals surface area contributed by atoms with Crippen LogP contribution in [0.25, 0.3) is 0 Å². The standard InChI is InChI=1S/C13H20ClN/c1-9-5-6-12(11(3)10(9)2)13(15-4)7-8-14/h5-6,13,15H,7-8H2,1-4H3. The van der Waals surface area contributed by atoms with E-state index in [0.29, 0.717) is 11.9 Å². The molecule has 15 heavy (non-hydrogen) atoms. The summed E-state index contributed by atoms with van der Waals surface area (Å²) in [5.74, 6) is 0.692. The monoisotopic (exact) mass is 225 g/mol. The van der Waals surface area contributed by atoms with E-state index in [1.54, 1.807) is 0 Å². The summed E-state index contributed by atoms with van der Waals surface area (Å²) >= 11 is 5.81. The van der Waals surface area contributed by atoms with Crippen molar-refractivity contribution in [2.75, 3.05) is 12.9 Å². The Kier molecular flexibility index (Phi) is 4.62. The number of halogens is 1. The summed E-state index contributed by atoms with van der Waals surface area (Å²) in [6.07, 6.45) is 0.974. The second-order valence-electron chi connectivity index (χ2n) is 4.04. The van der Waals surface area contributed by atoms with Crippen LogP contribution in [0.4, 0.5) is 0 Å². The molecule has 0 bridgehead atoms. The molecule has 1 aromatic carbocycles. The van der Waals surface area contributed by atoms with E-state index in [1.807, 2.05) is 7.05 Å². The van der Waals surface area contributed by atoms with Gasteiger partial charge in [0.2, 0.25) is 0 Å². The average Bonchev–Trinajstić information content (AvgIpc) is 2.24. The Morgan fingerprint density at radius 2 is 1.87 bits per heavy atom. The summed E-state index contributed by atoms with van der Waals surface area (Å²) in [4.78, 5) is 0. The molecule has 0 amide bonds. The van der Waals surface area contributed by atoms with E-state index < -0.39 is 0 Å². The van der Waals surface area contributed by atoms with Crippen molar-refractivity contribution in [1.82, 2.24) is 5.32 Å². The lowest BCUT2D eigenvalue weighted by Gasteiger charge is -2.20. The fourth-order valence-electron chi connectivity index (χ4n) is 1.92. The molecular weight excluding hydrogens is 206 g/mol. The Balaban J connectivity index is 3.07. The quantitative estimate of drug-likeness (QED) is 0.774. The number of nitrogens with one attached hydrogen (secondary N) is 1. The predicted octanol–water partition coefficient (Wildman–Crippen LogP) is 3.50. The van der Waals surface area contributed by atoms with Crippen molar-refractivity contribution in [2.24, 2.45) is 0 Å². The van der Waals surface area contributed by atoms with Gasteiger partial charge >= 0.3 is 0 Å². The van der Waals surface area contributed by atoms with Crippen LogP contribution in [0.2, 0.25) is 0 Å². The van der Waals surface area contributed by atoms with Gasteiger partial charge in [0.05, 0.1) is 0 Å². The summed E-state index contributed by atoms with van der Waals surface area (Å²) in [5.41, 5.74) is 5.51. The lowest BCUT2D eigenvalue weighted by Crippen LogP contribution is -2.18. The zero-order valence-electron chi connectivity index (χ0n) is 10.0. The summed E-state index contributed by atoms with van der Waals surface area (Å²) in [5, 5.41) is 3.32. The van der Waals surface area contributed by atoms with Crippen molar-refractivity contribution in [2.45, 2.75) is 33.2 Å². The molecule has 0 saturated carbocycles. The molecule has 0 aliphatic rings. The molecule has 2 heteroatoms. The highest BCUT2D eigenvalue weighted by Gasteiger charge is 2.12. The molecule has 0 aliphatic carbocycles. The van der Waals surface area contributed by atoms with E-state index in [9.17, 15) is 0 Å². The molecular formula is C13H20ClN. The molecule has 1 rings (SSSR count). The number of alkyl halides is 1. The van der Waals surface area contributed by atoms with Crippen LogP contribution in [0.1, 0.15) is 34.7 Å². The van der Waals surface area contributed by atoms with Crippen LogP contribution in [0.15, 0.2) is 12.1 Å². The fraction of sp³-hybridized carbons (Fsp3) is 0.538. The van der Waals surface area contributed by atoms with E-state index >= 15 is 0 Å². The van der Waals surface area contributed by atoms with Crippen molar-refractivity contribution < 1.29 is 0 Å². The number of hydrogen-bond acceptors (Lipinski definition) is 1. The summed E-state index contributed by atoms with van der Waals surface area (Å²) in [7, 11) is 1.99. The van der Waals surface area contributed by atoms with Crippen LogP contribution < -0.4 is 5.32 Å². The van der Waals surface area contributed by atoms with Gasteiger partial charge in [0, 0.05) is 11.9 Å². The van der Waals surface area contributed by atoms with Gasteiger partial charge in [-0.3, -0.25) is 0 Å². The normalized spacial score (nSPS) is 12.9. The molecule has 1 atom stereocenters. The average molecular weight is 226 g/mol. The maximum Gasteiger partial charge on any atom is 0.0331 e. The molecule has 0 fully saturated rings. The minimum Gasteiger partial charge on any atom is -0.313 e. The highest BCUT2D eigenvalue weighted by Crippen LogP contribution is 2.25. The highest BCUT2D eigenvalue weighted by molar-refractivity contribution is 6.17. The lowest BCUT2D eigenvalue weighted by molar-refractivity contribution is 0.576. The Morgan fingerprint density at radius 3 is 2.40 bits per heavy atom. The maximum atomic E-state index is 5.81. The summed E-state index contributed by atoms with van der Waals surface area (Å²) in [6, 6.07) is 4.78. The third kappa shape index (κ3) is 2.73. The molecule has 0 spiro atoms. The minimum absolute atomic E-state index is 0.377. The zero-order valence-corrected chi connectivity index (χ0v) is 10.8. The first-order valence-electron chi connectivity index (χ1n) is 5.41. The van der Waals surface area contributed by atoms with Crippen LogP contribution in [0.3, 0.4) is 0 Å². The molecule has 0 aromatic heterocycles. The van der Waals surface area contributed by atoms with E-state index in [1.165, 1.54) is 22.3 Å². The van der Waals surface area contributed by atoms with Gasteiger partial charge in [-0.25, -0.2) is 0 Å². The first kappa shape index (κ1) is 12.5. The summed E-state index contributed by atoms with van der Waals surface area (Å²) < 4.78 is 0. The van der Waals surface area contributed by atoms with Crippen LogP contribution in [-0.2, 0) is 0 Å². The van der Waals surface area contributed by atoms with Gasteiger partial charge in [-0.05, 0) is 56.5 Å². The van der Waals surface area contributed by atoms with E-state index in [2.05, 4.69) is 38.2 Å². The van der Waals surface area contributed by atoms with Crippen LogP contribution >= 0.6 is 11.6 Å². The SMILES string of the molecule is CNC(CCCl)c1ccc(C)c(C)c1C. The van der Waals surface area contributed by atoms with Gasteiger partial charge in [-0.1, -0.05) is 12.1 Å². The third-order valence-electron chi connectivity index (χ3n) is 3.22. The number of benzene rings is 1. The Morgan fingerprint density at radius 1 is 1.20 bits per heavy atom. The first-order chi connectivity index (χ1) is 7.11. The van der Waals surface area contributed by atoms with Gasteiger partial charge in [0.1, 0.15) is 0 Å².